The Bertz CT molecular complexity index is 309. The summed E-state index contributed by atoms with van der Waals surface area (Å²) in [6, 6.07) is 5.72. The van der Waals surface area contributed by atoms with Crippen molar-refractivity contribution < 1.29 is 0 Å². The molecule has 1 heterocycles. The van der Waals surface area contributed by atoms with Gasteiger partial charge in [0.25, 0.3) is 0 Å². The van der Waals surface area contributed by atoms with E-state index in [0.29, 0.717) is 0 Å². The van der Waals surface area contributed by atoms with Crippen LogP contribution in [0.15, 0.2) is 18.2 Å². The molecule has 2 N–H and O–H groups in total. The molecule has 78 valence electrons. The van der Waals surface area contributed by atoms with Crippen molar-refractivity contribution >= 4 is 35.4 Å². The topological polar surface area (TPSA) is 29.3 Å². The van der Waals surface area contributed by atoms with E-state index in [2.05, 4.69) is 4.90 Å². The number of rotatable bonds is 1. The highest BCUT2D eigenvalue weighted by atomic mass is 35.5. The van der Waals surface area contributed by atoms with Crippen molar-refractivity contribution in [3.63, 3.8) is 0 Å². The molecule has 0 amide bonds. The first-order valence-electron chi connectivity index (χ1n) is 4.57. The van der Waals surface area contributed by atoms with Crippen LogP contribution >= 0.6 is 24.0 Å². The van der Waals surface area contributed by atoms with Crippen LogP contribution in [0.1, 0.15) is 12.8 Å². The Hall–Kier alpha value is -0.600. The lowest BCUT2D eigenvalue weighted by Crippen LogP contribution is -2.17. The summed E-state index contributed by atoms with van der Waals surface area (Å²) in [5.74, 6) is 0. The van der Waals surface area contributed by atoms with E-state index >= 15 is 0 Å². The van der Waals surface area contributed by atoms with Crippen LogP contribution in [0.2, 0.25) is 5.02 Å². The van der Waals surface area contributed by atoms with Gasteiger partial charge in [-0.1, -0.05) is 11.6 Å². The summed E-state index contributed by atoms with van der Waals surface area (Å²) in [6.45, 7) is 2.23. The van der Waals surface area contributed by atoms with E-state index in [-0.39, 0.29) is 12.4 Å². The quantitative estimate of drug-likeness (QED) is 0.755. The van der Waals surface area contributed by atoms with Gasteiger partial charge < -0.3 is 10.6 Å². The van der Waals surface area contributed by atoms with E-state index in [1.54, 1.807) is 0 Å². The van der Waals surface area contributed by atoms with Crippen LogP contribution in [-0.4, -0.2) is 13.1 Å². The lowest BCUT2D eigenvalue weighted by molar-refractivity contribution is 0.949. The van der Waals surface area contributed by atoms with E-state index in [1.165, 1.54) is 12.8 Å². The summed E-state index contributed by atoms with van der Waals surface area (Å²) in [5.41, 5.74) is 7.47. The fourth-order valence-corrected chi connectivity index (χ4v) is 2.05. The van der Waals surface area contributed by atoms with Gasteiger partial charge >= 0.3 is 0 Å². The SMILES string of the molecule is Cl.Nc1ccc(N2CCCC2)c(Cl)c1. The maximum atomic E-state index is 6.09. The van der Waals surface area contributed by atoms with Gasteiger partial charge in [0.15, 0.2) is 0 Å². The maximum Gasteiger partial charge on any atom is 0.0660 e. The fraction of sp³-hybridized carbons (Fsp3) is 0.400. The van der Waals surface area contributed by atoms with E-state index < -0.39 is 0 Å². The lowest BCUT2D eigenvalue weighted by Gasteiger charge is -2.18. The second-order valence-electron chi connectivity index (χ2n) is 3.41. The maximum absolute atomic E-state index is 6.09. The summed E-state index contributed by atoms with van der Waals surface area (Å²) in [7, 11) is 0. The molecule has 1 fully saturated rings. The third kappa shape index (κ3) is 2.25. The van der Waals surface area contributed by atoms with Crippen LogP contribution < -0.4 is 10.6 Å². The first-order chi connectivity index (χ1) is 6.27. The Labute approximate surface area is 95.4 Å². The van der Waals surface area contributed by atoms with E-state index in [4.69, 9.17) is 17.3 Å². The van der Waals surface area contributed by atoms with Crippen LogP contribution in [0.25, 0.3) is 0 Å². The molecule has 1 aromatic carbocycles. The minimum Gasteiger partial charge on any atom is -0.399 e. The van der Waals surface area contributed by atoms with Gasteiger partial charge in [-0.15, -0.1) is 12.4 Å². The van der Waals surface area contributed by atoms with Crippen molar-refractivity contribution in [1.82, 2.24) is 0 Å². The molecule has 1 aliphatic rings. The molecule has 0 spiro atoms. The summed E-state index contributed by atoms with van der Waals surface area (Å²) in [5, 5.41) is 0.766. The highest BCUT2D eigenvalue weighted by Gasteiger charge is 2.14. The van der Waals surface area contributed by atoms with Crippen molar-refractivity contribution in [3.05, 3.63) is 23.2 Å². The van der Waals surface area contributed by atoms with Gasteiger partial charge in [0.05, 0.1) is 10.7 Å². The second-order valence-corrected chi connectivity index (χ2v) is 3.81. The number of hydrogen-bond donors (Lipinski definition) is 1. The molecular formula is C10H14Cl2N2. The van der Waals surface area contributed by atoms with E-state index in [0.717, 1.165) is 29.5 Å². The highest BCUT2D eigenvalue weighted by molar-refractivity contribution is 6.33. The van der Waals surface area contributed by atoms with Gasteiger partial charge in [-0.3, -0.25) is 0 Å². The number of hydrogen-bond acceptors (Lipinski definition) is 2. The average Bonchev–Trinajstić information content (AvgIpc) is 2.56. The molecule has 4 heteroatoms. The molecule has 1 saturated heterocycles. The smallest absolute Gasteiger partial charge is 0.0660 e. The fourth-order valence-electron chi connectivity index (χ4n) is 1.74. The number of halogens is 2. The second kappa shape index (κ2) is 4.76. The van der Waals surface area contributed by atoms with Crippen molar-refractivity contribution in [2.45, 2.75) is 12.8 Å². The Morgan fingerprint density at radius 3 is 2.43 bits per heavy atom. The number of benzene rings is 1. The van der Waals surface area contributed by atoms with Crippen LogP contribution in [0.5, 0.6) is 0 Å². The molecule has 0 saturated carbocycles. The zero-order chi connectivity index (χ0) is 9.26. The Kier molecular flexibility index (Phi) is 3.90. The normalized spacial score (nSPS) is 15.4. The Morgan fingerprint density at radius 1 is 1.21 bits per heavy atom. The van der Waals surface area contributed by atoms with E-state index in [1.807, 2.05) is 18.2 Å². The Balaban J connectivity index is 0.000000980. The van der Waals surface area contributed by atoms with Gasteiger partial charge in [-0.05, 0) is 31.0 Å². The van der Waals surface area contributed by atoms with Crippen molar-refractivity contribution in [3.8, 4) is 0 Å². The minimum atomic E-state index is 0. The van der Waals surface area contributed by atoms with Gasteiger partial charge in [0, 0.05) is 18.8 Å². The first kappa shape index (κ1) is 11.5. The summed E-state index contributed by atoms with van der Waals surface area (Å²) < 4.78 is 0. The molecule has 0 unspecified atom stereocenters. The predicted octanol–water partition coefficient (Wildman–Crippen LogP) is 2.94. The van der Waals surface area contributed by atoms with Gasteiger partial charge in [-0.25, -0.2) is 0 Å². The van der Waals surface area contributed by atoms with Crippen molar-refractivity contribution in [2.24, 2.45) is 0 Å². The summed E-state index contributed by atoms with van der Waals surface area (Å²) in [6.07, 6.45) is 2.53. The van der Waals surface area contributed by atoms with Crippen molar-refractivity contribution in [1.29, 1.82) is 0 Å². The third-order valence-electron chi connectivity index (χ3n) is 2.42. The Morgan fingerprint density at radius 2 is 1.86 bits per heavy atom. The number of anilines is 2. The van der Waals surface area contributed by atoms with E-state index in [9.17, 15) is 0 Å². The molecule has 1 aliphatic heterocycles. The predicted molar refractivity (Wildman–Crippen MR) is 64.6 cm³/mol. The largest absolute Gasteiger partial charge is 0.399 e. The molecule has 2 rings (SSSR count). The molecule has 1 aromatic rings. The van der Waals surface area contributed by atoms with Gasteiger partial charge in [0.1, 0.15) is 0 Å². The third-order valence-corrected chi connectivity index (χ3v) is 2.72. The molecule has 0 aromatic heterocycles. The first-order valence-corrected chi connectivity index (χ1v) is 4.95. The standard InChI is InChI=1S/C10H13ClN2.ClH/c11-9-7-8(12)3-4-10(9)13-5-1-2-6-13;/h3-4,7H,1-2,5-6,12H2;1H. The molecule has 0 bridgehead atoms. The summed E-state index contributed by atoms with van der Waals surface area (Å²) in [4.78, 5) is 2.31. The molecule has 0 aliphatic carbocycles. The van der Waals surface area contributed by atoms with Crippen LogP contribution in [-0.2, 0) is 0 Å². The molecule has 2 nitrogen and oxygen atoms in total. The van der Waals surface area contributed by atoms with Gasteiger partial charge in [0.2, 0.25) is 0 Å². The van der Waals surface area contributed by atoms with Crippen LogP contribution in [0.3, 0.4) is 0 Å². The van der Waals surface area contributed by atoms with Gasteiger partial charge in [-0.2, -0.15) is 0 Å². The monoisotopic (exact) mass is 232 g/mol. The zero-order valence-corrected chi connectivity index (χ0v) is 9.44. The molecule has 0 atom stereocenters. The molecule has 14 heavy (non-hydrogen) atoms. The van der Waals surface area contributed by atoms with Crippen molar-refractivity contribution in [2.75, 3.05) is 23.7 Å². The number of nitrogens with zero attached hydrogens (tertiary/aromatic N) is 1. The minimum absolute atomic E-state index is 0. The lowest BCUT2D eigenvalue weighted by atomic mass is 10.2. The summed E-state index contributed by atoms with van der Waals surface area (Å²) >= 11 is 6.09. The average molecular weight is 233 g/mol. The highest BCUT2D eigenvalue weighted by Crippen LogP contribution is 2.29. The zero-order valence-electron chi connectivity index (χ0n) is 7.87. The number of nitrogen functional groups attached to an aromatic ring is 1. The molecular weight excluding hydrogens is 219 g/mol. The van der Waals surface area contributed by atoms with Crippen LogP contribution in [0.4, 0.5) is 11.4 Å². The molecule has 0 radical (unpaired) electrons. The number of nitrogens with two attached hydrogens (primary N) is 1. The van der Waals surface area contributed by atoms with Crippen LogP contribution in [0, 0.1) is 0 Å².